The molecule has 0 amide bonds. The van der Waals surface area contributed by atoms with Crippen molar-refractivity contribution in [3.05, 3.63) is 85.0 Å². The van der Waals surface area contributed by atoms with E-state index in [1.54, 1.807) is 24.3 Å². The minimum Gasteiger partial charge on any atom is -0.455 e. The second-order valence-corrected chi connectivity index (χ2v) is 5.98. The Labute approximate surface area is 169 Å². The first-order chi connectivity index (χ1) is 14.0. The minimum atomic E-state index is -0.726. The maximum atomic E-state index is 12.2. The van der Waals surface area contributed by atoms with Crippen molar-refractivity contribution in [3.63, 3.8) is 0 Å². The Hall–Kier alpha value is -3.67. The molecule has 0 saturated carbocycles. The number of carbonyl (C=O) groups excluding carboxylic acids is 3. The van der Waals surface area contributed by atoms with E-state index in [1.807, 2.05) is 6.92 Å². The zero-order valence-corrected chi connectivity index (χ0v) is 16.1. The van der Waals surface area contributed by atoms with Crippen molar-refractivity contribution in [2.24, 2.45) is 0 Å². The highest BCUT2D eigenvalue weighted by atomic mass is 16.7. The Balaban J connectivity index is 1.99. The molecular weight excluding hydrogens is 372 g/mol. The van der Waals surface area contributed by atoms with Gasteiger partial charge in [-0.05, 0) is 48.9 Å². The minimum absolute atomic E-state index is 0.222. The third kappa shape index (κ3) is 6.46. The van der Waals surface area contributed by atoms with Crippen molar-refractivity contribution >= 4 is 17.7 Å². The predicted octanol–water partition coefficient (Wildman–Crippen LogP) is 4.51. The van der Waals surface area contributed by atoms with Crippen molar-refractivity contribution < 1.29 is 28.6 Å². The lowest BCUT2D eigenvalue weighted by atomic mass is 10.1. The van der Waals surface area contributed by atoms with Crippen LogP contribution >= 0.6 is 0 Å². The van der Waals surface area contributed by atoms with E-state index in [-0.39, 0.29) is 5.78 Å². The molecule has 0 aliphatic rings. The van der Waals surface area contributed by atoms with E-state index >= 15 is 0 Å². The SMILES string of the molecule is C=CC(=O)OC(CCC)Oc1ccc(OC(=O)c2ccc(C(=O)C=C)cc2)cc1. The Morgan fingerprint density at radius 3 is 2.03 bits per heavy atom. The average molecular weight is 394 g/mol. The molecule has 2 rings (SSSR count). The van der Waals surface area contributed by atoms with Crippen molar-refractivity contribution in [2.75, 3.05) is 0 Å². The van der Waals surface area contributed by atoms with Crippen molar-refractivity contribution in [1.82, 2.24) is 0 Å². The summed E-state index contributed by atoms with van der Waals surface area (Å²) in [5, 5.41) is 0. The molecule has 0 bridgehead atoms. The van der Waals surface area contributed by atoms with Crippen LogP contribution in [0.4, 0.5) is 0 Å². The Kier molecular flexibility index (Phi) is 7.91. The van der Waals surface area contributed by atoms with E-state index in [4.69, 9.17) is 14.2 Å². The van der Waals surface area contributed by atoms with Crippen LogP contribution in [0.25, 0.3) is 0 Å². The first kappa shape index (κ1) is 21.6. The third-order valence-electron chi connectivity index (χ3n) is 3.83. The number of carbonyl (C=O) groups is 3. The lowest BCUT2D eigenvalue weighted by Gasteiger charge is -2.18. The Morgan fingerprint density at radius 2 is 1.48 bits per heavy atom. The normalized spacial score (nSPS) is 11.1. The number of rotatable bonds is 10. The van der Waals surface area contributed by atoms with Crippen LogP contribution in [0.1, 0.15) is 40.5 Å². The molecule has 6 nitrogen and oxygen atoms in total. The molecule has 0 N–H and O–H groups in total. The van der Waals surface area contributed by atoms with Gasteiger partial charge < -0.3 is 14.2 Å². The molecule has 1 atom stereocenters. The van der Waals surface area contributed by atoms with E-state index in [2.05, 4.69) is 13.2 Å². The smallest absolute Gasteiger partial charge is 0.343 e. The van der Waals surface area contributed by atoms with Gasteiger partial charge in [0.05, 0.1) is 5.56 Å². The van der Waals surface area contributed by atoms with E-state index < -0.39 is 18.2 Å². The molecule has 0 heterocycles. The van der Waals surface area contributed by atoms with Crippen molar-refractivity contribution in [1.29, 1.82) is 0 Å². The highest BCUT2D eigenvalue weighted by molar-refractivity contribution is 6.04. The molecule has 6 heteroatoms. The van der Waals surface area contributed by atoms with E-state index in [1.165, 1.54) is 30.3 Å². The molecule has 2 aromatic carbocycles. The number of ether oxygens (including phenoxy) is 3. The summed E-state index contributed by atoms with van der Waals surface area (Å²) in [6.07, 6.45) is 2.85. The van der Waals surface area contributed by atoms with Crippen LogP contribution in [0.3, 0.4) is 0 Å². The first-order valence-corrected chi connectivity index (χ1v) is 9.05. The molecule has 0 aliphatic heterocycles. The van der Waals surface area contributed by atoms with Gasteiger partial charge in [-0.15, -0.1) is 0 Å². The van der Waals surface area contributed by atoms with E-state index in [0.29, 0.717) is 29.0 Å². The van der Waals surface area contributed by atoms with Crippen LogP contribution in [0.2, 0.25) is 0 Å². The van der Waals surface area contributed by atoms with E-state index in [0.717, 1.165) is 12.5 Å². The third-order valence-corrected chi connectivity index (χ3v) is 3.83. The first-order valence-electron chi connectivity index (χ1n) is 9.05. The lowest BCUT2D eigenvalue weighted by Crippen LogP contribution is -2.23. The van der Waals surface area contributed by atoms with Gasteiger partial charge in [0.1, 0.15) is 11.5 Å². The number of ketones is 1. The molecule has 0 saturated heterocycles. The fourth-order valence-corrected chi connectivity index (χ4v) is 2.35. The molecule has 0 spiro atoms. The van der Waals surface area contributed by atoms with Gasteiger partial charge in [-0.25, -0.2) is 9.59 Å². The fourth-order valence-electron chi connectivity index (χ4n) is 2.35. The molecule has 0 fully saturated rings. The van der Waals surface area contributed by atoms with Gasteiger partial charge in [0, 0.05) is 18.1 Å². The molecule has 0 aliphatic carbocycles. The molecule has 29 heavy (non-hydrogen) atoms. The number of hydrogen-bond acceptors (Lipinski definition) is 6. The summed E-state index contributed by atoms with van der Waals surface area (Å²) >= 11 is 0. The van der Waals surface area contributed by atoms with Crippen LogP contribution in [0.5, 0.6) is 11.5 Å². The maximum Gasteiger partial charge on any atom is 0.343 e. The highest BCUT2D eigenvalue weighted by Crippen LogP contribution is 2.21. The Morgan fingerprint density at radius 1 is 0.897 bits per heavy atom. The number of benzene rings is 2. The maximum absolute atomic E-state index is 12.2. The second-order valence-electron chi connectivity index (χ2n) is 5.98. The van der Waals surface area contributed by atoms with Crippen LogP contribution < -0.4 is 9.47 Å². The summed E-state index contributed by atoms with van der Waals surface area (Å²) in [4.78, 5) is 35.1. The van der Waals surface area contributed by atoms with Gasteiger partial charge >= 0.3 is 11.9 Å². The van der Waals surface area contributed by atoms with Gasteiger partial charge in [-0.2, -0.15) is 0 Å². The Bertz CT molecular complexity index is 881. The van der Waals surface area contributed by atoms with Gasteiger partial charge in [0.15, 0.2) is 5.78 Å². The summed E-state index contributed by atoms with van der Waals surface area (Å²) in [6, 6.07) is 12.5. The molecule has 150 valence electrons. The molecule has 2 aromatic rings. The number of esters is 2. The zero-order chi connectivity index (χ0) is 21.2. The number of hydrogen-bond donors (Lipinski definition) is 0. The van der Waals surface area contributed by atoms with Crippen molar-refractivity contribution in [2.45, 2.75) is 26.1 Å². The summed E-state index contributed by atoms with van der Waals surface area (Å²) in [7, 11) is 0. The van der Waals surface area contributed by atoms with Crippen LogP contribution in [-0.2, 0) is 9.53 Å². The zero-order valence-electron chi connectivity index (χ0n) is 16.1. The van der Waals surface area contributed by atoms with Gasteiger partial charge in [-0.3, -0.25) is 4.79 Å². The highest BCUT2D eigenvalue weighted by Gasteiger charge is 2.14. The van der Waals surface area contributed by atoms with Crippen molar-refractivity contribution in [3.8, 4) is 11.5 Å². The average Bonchev–Trinajstić information content (AvgIpc) is 2.74. The topological polar surface area (TPSA) is 78.9 Å². The summed E-state index contributed by atoms with van der Waals surface area (Å²) < 4.78 is 16.1. The second kappa shape index (κ2) is 10.6. The monoisotopic (exact) mass is 394 g/mol. The largest absolute Gasteiger partial charge is 0.455 e. The molecule has 1 unspecified atom stereocenters. The standard InChI is InChI=1S/C23H22O6/c1-4-7-22(29-21(25)6-3)27-18-12-14-19(15-13-18)28-23(26)17-10-8-16(9-11-17)20(24)5-2/h5-6,8-15,22H,2-4,7H2,1H3. The molecule has 0 radical (unpaired) electrons. The van der Waals surface area contributed by atoms with Crippen LogP contribution in [0, 0.1) is 0 Å². The molecule has 0 aromatic heterocycles. The van der Waals surface area contributed by atoms with E-state index in [9.17, 15) is 14.4 Å². The summed E-state index contributed by atoms with van der Waals surface area (Å²) in [5.41, 5.74) is 0.752. The quantitative estimate of drug-likeness (QED) is 0.194. The lowest BCUT2D eigenvalue weighted by molar-refractivity contribution is -0.158. The predicted molar refractivity (Wildman–Crippen MR) is 108 cm³/mol. The molecular formula is C23H22O6. The van der Waals surface area contributed by atoms with Gasteiger partial charge in [-0.1, -0.05) is 32.2 Å². The van der Waals surface area contributed by atoms with Crippen LogP contribution in [0.15, 0.2) is 73.8 Å². The summed E-state index contributed by atoms with van der Waals surface area (Å²) in [5.74, 6) is -0.549. The summed E-state index contributed by atoms with van der Waals surface area (Å²) in [6.45, 7) is 8.73. The van der Waals surface area contributed by atoms with Crippen LogP contribution in [-0.4, -0.2) is 24.0 Å². The van der Waals surface area contributed by atoms with Gasteiger partial charge in [0.2, 0.25) is 6.29 Å². The number of allylic oxidation sites excluding steroid dienone is 1. The fraction of sp³-hybridized carbons (Fsp3) is 0.174. The van der Waals surface area contributed by atoms with Gasteiger partial charge in [0.25, 0.3) is 0 Å².